The van der Waals surface area contributed by atoms with Gasteiger partial charge in [-0.05, 0) is 66.6 Å². The molecule has 0 spiro atoms. The molecule has 0 saturated carbocycles. The second-order valence-corrected chi connectivity index (χ2v) is 10.5. The summed E-state index contributed by atoms with van der Waals surface area (Å²) in [5, 5.41) is 10.00. The number of halogens is 1. The number of methoxy groups -OCH3 is 1. The normalized spacial score (nSPS) is 18.5. The third-order valence-corrected chi connectivity index (χ3v) is 7.73. The van der Waals surface area contributed by atoms with E-state index in [4.69, 9.17) is 26.2 Å². The first-order valence-corrected chi connectivity index (χ1v) is 13.8. The molecule has 2 amide bonds. The Morgan fingerprint density at radius 1 is 1.05 bits per heavy atom. The maximum atomic E-state index is 12.9. The summed E-state index contributed by atoms with van der Waals surface area (Å²) >= 11 is 7.35. The lowest BCUT2D eigenvalue weighted by Gasteiger charge is -2.23. The molecule has 200 valence electrons. The predicted molar refractivity (Wildman–Crippen MR) is 155 cm³/mol. The molecule has 8 nitrogen and oxygen atoms in total. The van der Waals surface area contributed by atoms with Gasteiger partial charge >= 0.3 is 0 Å². The highest BCUT2D eigenvalue weighted by molar-refractivity contribution is 8.15. The molecule has 39 heavy (non-hydrogen) atoms. The van der Waals surface area contributed by atoms with Gasteiger partial charge in [-0.2, -0.15) is 10.1 Å². The number of hydrogen-bond acceptors (Lipinski definition) is 7. The second kappa shape index (κ2) is 11.9. The van der Waals surface area contributed by atoms with Crippen molar-refractivity contribution in [1.82, 2.24) is 5.01 Å². The van der Waals surface area contributed by atoms with E-state index in [1.165, 1.54) is 11.8 Å². The van der Waals surface area contributed by atoms with Crippen LogP contribution in [-0.2, 0) is 9.59 Å². The van der Waals surface area contributed by atoms with Crippen molar-refractivity contribution < 1.29 is 19.1 Å². The van der Waals surface area contributed by atoms with Gasteiger partial charge in [0.25, 0.3) is 5.91 Å². The smallest absolute Gasteiger partial charge is 0.262 e. The lowest BCUT2D eigenvalue weighted by Crippen LogP contribution is -2.25. The Kier molecular flexibility index (Phi) is 8.18. The van der Waals surface area contributed by atoms with E-state index in [1.54, 1.807) is 36.4 Å². The lowest BCUT2D eigenvalue weighted by atomic mass is 9.98. The number of ether oxygens (including phenoxy) is 2. The molecule has 2 unspecified atom stereocenters. The van der Waals surface area contributed by atoms with Crippen LogP contribution in [0.1, 0.15) is 36.9 Å². The molecule has 10 heteroatoms. The first-order chi connectivity index (χ1) is 18.9. The van der Waals surface area contributed by atoms with Crippen molar-refractivity contribution in [2.45, 2.75) is 31.1 Å². The molecule has 1 N–H and O–H groups in total. The molecule has 2 aliphatic rings. The van der Waals surface area contributed by atoms with Crippen LogP contribution in [0.15, 0.2) is 82.9 Å². The molecule has 3 aromatic carbocycles. The number of carbonyl (C=O) groups excluding carboxylic acids is 2. The van der Waals surface area contributed by atoms with Crippen molar-refractivity contribution in [3.05, 3.63) is 88.9 Å². The van der Waals surface area contributed by atoms with E-state index in [0.717, 1.165) is 28.3 Å². The Morgan fingerprint density at radius 3 is 2.41 bits per heavy atom. The van der Waals surface area contributed by atoms with Gasteiger partial charge < -0.3 is 14.8 Å². The molecule has 0 aromatic heterocycles. The first kappa shape index (κ1) is 26.8. The topological polar surface area (TPSA) is 92.6 Å². The number of nitrogens with zero attached hydrogens (tertiary/aromatic N) is 3. The zero-order valence-corrected chi connectivity index (χ0v) is 23.0. The van der Waals surface area contributed by atoms with Crippen LogP contribution >= 0.6 is 23.4 Å². The van der Waals surface area contributed by atoms with Gasteiger partial charge in [0.05, 0.1) is 25.5 Å². The monoisotopic (exact) mass is 562 g/mol. The number of hydrazone groups is 1. The van der Waals surface area contributed by atoms with Crippen molar-refractivity contribution >= 4 is 51.7 Å². The molecule has 2 atom stereocenters. The molecule has 3 aromatic rings. The van der Waals surface area contributed by atoms with E-state index < -0.39 is 5.25 Å². The van der Waals surface area contributed by atoms with Crippen LogP contribution in [0.2, 0.25) is 5.02 Å². The van der Waals surface area contributed by atoms with Gasteiger partial charge in [0.1, 0.15) is 16.7 Å². The van der Waals surface area contributed by atoms with Crippen LogP contribution in [0.25, 0.3) is 0 Å². The minimum atomic E-state index is -0.631. The number of anilines is 1. The van der Waals surface area contributed by atoms with Crippen LogP contribution < -0.4 is 14.8 Å². The van der Waals surface area contributed by atoms with Crippen molar-refractivity contribution in [3.8, 4) is 11.5 Å². The summed E-state index contributed by atoms with van der Waals surface area (Å²) in [6, 6.07) is 22.2. The summed E-state index contributed by atoms with van der Waals surface area (Å²) < 4.78 is 10.8. The average molecular weight is 563 g/mol. The van der Waals surface area contributed by atoms with Crippen molar-refractivity contribution in [1.29, 1.82) is 0 Å². The third kappa shape index (κ3) is 6.26. The van der Waals surface area contributed by atoms with Crippen LogP contribution in [0.3, 0.4) is 0 Å². The van der Waals surface area contributed by atoms with Crippen molar-refractivity contribution in [2.24, 2.45) is 10.1 Å². The highest BCUT2D eigenvalue weighted by Gasteiger charge is 2.39. The Hall–Kier alpha value is -3.82. The van der Waals surface area contributed by atoms with E-state index in [0.29, 0.717) is 28.9 Å². The van der Waals surface area contributed by atoms with Crippen LogP contribution in [-0.4, -0.2) is 46.7 Å². The van der Waals surface area contributed by atoms with Crippen LogP contribution in [0.5, 0.6) is 11.5 Å². The number of benzene rings is 3. The van der Waals surface area contributed by atoms with E-state index in [2.05, 4.69) is 10.3 Å². The van der Waals surface area contributed by atoms with Gasteiger partial charge in [-0.3, -0.25) is 9.59 Å². The fourth-order valence-electron chi connectivity index (χ4n) is 4.38. The zero-order valence-electron chi connectivity index (χ0n) is 21.5. The number of aliphatic imine (C=N–C) groups is 1. The molecule has 5 rings (SSSR count). The fourth-order valence-corrected chi connectivity index (χ4v) is 5.56. The number of amides is 2. The number of amidine groups is 1. The van der Waals surface area contributed by atoms with E-state index in [1.807, 2.05) is 55.5 Å². The van der Waals surface area contributed by atoms with Gasteiger partial charge in [-0.15, -0.1) is 0 Å². The molecular formula is C29H27ClN4O4S. The Bertz CT molecular complexity index is 1410. The molecule has 2 heterocycles. The predicted octanol–water partition coefficient (Wildman–Crippen LogP) is 5.93. The van der Waals surface area contributed by atoms with Crippen LogP contribution in [0.4, 0.5) is 5.69 Å². The Balaban J connectivity index is 1.31. The molecule has 0 fully saturated rings. The second-order valence-electron chi connectivity index (χ2n) is 8.94. The van der Waals surface area contributed by atoms with Gasteiger partial charge in [-0.25, -0.2) is 5.01 Å². The SMILES string of the molecule is CCOc1ccc(NC(=O)CC2SC(N3N=C(c4ccc(Cl)cc4)CC3c3ccc(OC)cc3)=NC2=O)cc1. The molecule has 0 radical (unpaired) electrons. The lowest BCUT2D eigenvalue weighted by molar-refractivity contribution is -0.121. The largest absolute Gasteiger partial charge is 0.497 e. The van der Waals surface area contributed by atoms with Crippen molar-refractivity contribution in [2.75, 3.05) is 19.0 Å². The summed E-state index contributed by atoms with van der Waals surface area (Å²) in [4.78, 5) is 29.9. The Morgan fingerprint density at radius 2 is 1.74 bits per heavy atom. The van der Waals surface area contributed by atoms with E-state index >= 15 is 0 Å². The van der Waals surface area contributed by atoms with Gasteiger partial charge in [-0.1, -0.05) is 47.6 Å². The number of hydrogen-bond donors (Lipinski definition) is 1. The maximum Gasteiger partial charge on any atom is 0.262 e. The molecular weight excluding hydrogens is 536 g/mol. The summed E-state index contributed by atoms with van der Waals surface area (Å²) in [5.41, 5.74) is 3.45. The summed E-state index contributed by atoms with van der Waals surface area (Å²) in [6.45, 7) is 2.48. The van der Waals surface area contributed by atoms with E-state index in [9.17, 15) is 9.59 Å². The molecule has 0 bridgehead atoms. The Labute approximate surface area is 236 Å². The third-order valence-electron chi connectivity index (χ3n) is 6.33. The molecule has 2 aliphatic heterocycles. The van der Waals surface area contributed by atoms with Crippen LogP contribution in [0, 0.1) is 0 Å². The minimum absolute atomic E-state index is 0.00148. The number of rotatable bonds is 8. The van der Waals surface area contributed by atoms with E-state index in [-0.39, 0.29) is 24.3 Å². The highest BCUT2D eigenvalue weighted by Crippen LogP contribution is 2.39. The van der Waals surface area contributed by atoms with Gasteiger partial charge in [0.2, 0.25) is 5.91 Å². The zero-order chi connectivity index (χ0) is 27.4. The van der Waals surface area contributed by atoms with Crippen molar-refractivity contribution in [3.63, 3.8) is 0 Å². The van der Waals surface area contributed by atoms with Gasteiger partial charge in [0, 0.05) is 23.6 Å². The summed E-state index contributed by atoms with van der Waals surface area (Å²) in [7, 11) is 1.63. The quantitative estimate of drug-likeness (QED) is 0.366. The number of nitrogens with one attached hydrogen (secondary N) is 1. The average Bonchev–Trinajstić information content (AvgIpc) is 3.54. The number of thioether (sulfide) groups is 1. The summed E-state index contributed by atoms with van der Waals surface area (Å²) in [6.07, 6.45) is 0.614. The number of carbonyl (C=O) groups is 2. The summed E-state index contributed by atoms with van der Waals surface area (Å²) in [5.74, 6) is 0.870. The highest BCUT2D eigenvalue weighted by atomic mass is 35.5. The first-order valence-electron chi connectivity index (χ1n) is 12.5. The molecule has 0 aliphatic carbocycles. The fraction of sp³-hybridized carbons (Fsp3) is 0.241. The molecule has 0 saturated heterocycles. The standard InChI is InChI=1S/C29H27ClN4O4S/c1-3-38-23-14-10-21(11-15-23)31-27(35)17-26-28(36)32-29(39-26)34-25(19-6-12-22(37-2)13-7-19)16-24(33-34)18-4-8-20(30)9-5-18/h4-15,25-26H,3,16-17H2,1-2H3,(H,31,35). The maximum absolute atomic E-state index is 12.9. The minimum Gasteiger partial charge on any atom is -0.497 e. The van der Waals surface area contributed by atoms with Gasteiger partial charge in [0.15, 0.2) is 5.17 Å².